The van der Waals surface area contributed by atoms with Crippen LogP contribution in [0, 0.1) is 5.92 Å². The Morgan fingerprint density at radius 1 is 1.25 bits per heavy atom. The van der Waals surface area contributed by atoms with Crippen LogP contribution >= 0.6 is 0 Å². The first kappa shape index (κ1) is 11.0. The van der Waals surface area contributed by atoms with E-state index in [2.05, 4.69) is 13.8 Å². The molecule has 0 spiro atoms. The second-order valence-electron chi connectivity index (χ2n) is 4.32. The second-order valence-corrected chi connectivity index (χ2v) is 4.32. The predicted molar refractivity (Wildman–Crippen MR) is 64.5 cm³/mol. The van der Waals surface area contributed by atoms with Crippen molar-refractivity contribution in [2.75, 3.05) is 7.11 Å². The molecule has 2 N–H and O–H groups in total. The van der Waals surface area contributed by atoms with Crippen LogP contribution in [0.3, 0.4) is 0 Å². The van der Waals surface area contributed by atoms with E-state index in [1.807, 2.05) is 24.3 Å². The first-order chi connectivity index (χ1) is 7.61. The normalized spacial score (nSPS) is 13.3. The van der Waals surface area contributed by atoms with E-state index < -0.39 is 0 Å². The van der Waals surface area contributed by atoms with E-state index in [1.54, 1.807) is 7.11 Å². The molecule has 1 aromatic carbocycles. The molecule has 1 atom stereocenters. The Labute approximate surface area is 95.2 Å². The Hall–Kier alpha value is -1.48. The van der Waals surface area contributed by atoms with Crippen LogP contribution in [0.2, 0.25) is 0 Å². The Bertz CT molecular complexity index is 488. The molecule has 0 fully saturated rings. The lowest BCUT2D eigenvalue weighted by molar-refractivity contribution is 0.413. The molecular weight excluding hydrogens is 202 g/mol. The lowest BCUT2D eigenvalue weighted by Gasteiger charge is -2.11. The molecule has 0 aliphatic carbocycles. The first-order valence-corrected chi connectivity index (χ1v) is 5.45. The van der Waals surface area contributed by atoms with Gasteiger partial charge in [-0.05, 0) is 30.2 Å². The van der Waals surface area contributed by atoms with Crippen molar-refractivity contribution < 1.29 is 9.15 Å². The molecule has 1 unspecified atom stereocenters. The van der Waals surface area contributed by atoms with Gasteiger partial charge in [0.1, 0.15) is 17.1 Å². The third-order valence-electron chi connectivity index (χ3n) is 2.79. The number of benzene rings is 1. The third-order valence-corrected chi connectivity index (χ3v) is 2.79. The van der Waals surface area contributed by atoms with Crippen molar-refractivity contribution in [1.29, 1.82) is 0 Å². The molecule has 2 rings (SSSR count). The summed E-state index contributed by atoms with van der Waals surface area (Å²) in [6.45, 7) is 4.16. The van der Waals surface area contributed by atoms with Crippen molar-refractivity contribution in [3.8, 4) is 5.75 Å². The summed E-state index contributed by atoms with van der Waals surface area (Å²) in [6, 6.07) is 7.68. The maximum atomic E-state index is 6.05. The predicted octanol–water partition coefficient (Wildman–Crippen LogP) is 3.10. The zero-order chi connectivity index (χ0) is 11.7. The van der Waals surface area contributed by atoms with E-state index in [0.717, 1.165) is 22.5 Å². The van der Waals surface area contributed by atoms with Gasteiger partial charge in [0.2, 0.25) is 0 Å². The maximum absolute atomic E-state index is 6.05. The minimum atomic E-state index is -0.0570. The molecule has 0 bridgehead atoms. The number of hydrogen-bond acceptors (Lipinski definition) is 3. The van der Waals surface area contributed by atoms with Crippen molar-refractivity contribution in [1.82, 2.24) is 0 Å². The number of fused-ring (bicyclic) bond motifs is 1. The highest BCUT2D eigenvalue weighted by atomic mass is 16.5. The smallest absolute Gasteiger partial charge is 0.134 e. The molecule has 0 saturated heterocycles. The van der Waals surface area contributed by atoms with Crippen LogP contribution in [-0.4, -0.2) is 7.11 Å². The fourth-order valence-electron chi connectivity index (χ4n) is 1.66. The minimum absolute atomic E-state index is 0.0570. The van der Waals surface area contributed by atoms with Crippen molar-refractivity contribution in [3.63, 3.8) is 0 Å². The average Bonchev–Trinajstić information content (AvgIpc) is 2.69. The largest absolute Gasteiger partial charge is 0.497 e. The van der Waals surface area contributed by atoms with Gasteiger partial charge < -0.3 is 14.9 Å². The van der Waals surface area contributed by atoms with Gasteiger partial charge in [-0.2, -0.15) is 0 Å². The van der Waals surface area contributed by atoms with Gasteiger partial charge >= 0.3 is 0 Å². The van der Waals surface area contributed by atoms with Gasteiger partial charge in [0, 0.05) is 5.39 Å². The second kappa shape index (κ2) is 4.18. The highest BCUT2D eigenvalue weighted by Crippen LogP contribution is 2.28. The highest BCUT2D eigenvalue weighted by Gasteiger charge is 2.15. The van der Waals surface area contributed by atoms with Gasteiger partial charge in [-0.15, -0.1) is 0 Å². The molecule has 1 aromatic heterocycles. The minimum Gasteiger partial charge on any atom is -0.497 e. The fraction of sp³-hybridized carbons (Fsp3) is 0.385. The fourth-order valence-corrected chi connectivity index (χ4v) is 1.66. The summed E-state index contributed by atoms with van der Waals surface area (Å²) in [5, 5.41) is 1.03. The summed E-state index contributed by atoms with van der Waals surface area (Å²) < 4.78 is 10.9. The van der Waals surface area contributed by atoms with Gasteiger partial charge in [-0.25, -0.2) is 0 Å². The summed E-state index contributed by atoms with van der Waals surface area (Å²) in [6.07, 6.45) is 0. The van der Waals surface area contributed by atoms with Gasteiger partial charge in [-0.3, -0.25) is 0 Å². The molecule has 3 nitrogen and oxygen atoms in total. The number of hydrogen-bond donors (Lipinski definition) is 1. The SMILES string of the molecule is COc1ccc2oc(C(N)C(C)C)cc2c1. The monoisotopic (exact) mass is 219 g/mol. The van der Waals surface area contributed by atoms with Crippen LogP contribution in [0.1, 0.15) is 25.6 Å². The maximum Gasteiger partial charge on any atom is 0.134 e. The molecule has 0 saturated carbocycles. The van der Waals surface area contributed by atoms with E-state index in [4.69, 9.17) is 14.9 Å². The molecule has 3 heteroatoms. The molecule has 0 aliphatic heterocycles. The van der Waals surface area contributed by atoms with Crippen molar-refractivity contribution >= 4 is 11.0 Å². The number of ether oxygens (including phenoxy) is 1. The Morgan fingerprint density at radius 2 is 2.00 bits per heavy atom. The molecule has 16 heavy (non-hydrogen) atoms. The standard InChI is InChI=1S/C13H17NO2/c1-8(2)13(14)12-7-9-6-10(15-3)4-5-11(9)16-12/h4-8,13H,14H2,1-3H3. The molecular formula is C13H17NO2. The van der Waals surface area contributed by atoms with Crippen LogP contribution in [0.25, 0.3) is 11.0 Å². The number of furan rings is 1. The number of rotatable bonds is 3. The lowest BCUT2D eigenvalue weighted by Crippen LogP contribution is -2.15. The lowest BCUT2D eigenvalue weighted by atomic mass is 10.0. The van der Waals surface area contributed by atoms with Crippen LogP contribution in [0.4, 0.5) is 0 Å². The molecule has 0 aliphatic rings. The summed E-state index contributed by atoms with van der Waals surface area (Å²) in [5.41, 5.74) is 6.90. The molecule has 0 amide bonds. The summed E-state index contributed by atoms with van der Waals surface area (Å²) in [4.78, 5) is 0. The summed E-state index contributed by atoms with van der Waals surface area (Å²) >= 11 is 0. The van der Waals surface area contributed by atoms with Crippen LogP contribution in [0.15, 0.2) is 28.7 Å². The first-order valence-electron chi connectivity index (χ1n) is 5.45. The van der Waals surface area contributed by atoms with E-state index in [-0.39, 0.29) is 6.04 Å². The zero-order valence-electron chi connectivity index (χ0n) is 9.86. The summed E-state index contributed by atoms with van der Waals surface area (Å²) in [7, 11) is 1.65. The summed E-state index contributed by atoms with van der Waals surface area (Å²) in [5.74, 6) is 2.03. The van der Waals surface area contributed by atoms with Crippen LogP contribution < -0.4 is 10.5 Å². The van der Waals surface area contributed by atoms with E-state index in [9.17, 15) is 0 Å². The highest BCUT2D eigenvalue weighted by molar-refractivity contribution is 5.79. The molecule has 2 aromatic rings. The number of methoxy groups -OCH3 is 1. The van der Waals surface area contributed by atoms with Gasteiger partial charge in [0.05, 0.1) is 13.2 Å². The topological polar surface area (TPSA) is 48.4 Å². The van der Waals surface area contributed by atoms with E-state index in [0.29, 0.717) is 5.92 Å². The van der Waals surface area contributed by atoms with Crippen molar-refractivity contribution in [2.45, 2.75) is 19.9 Å². The van der Waals surface area contributed by atoms with Gasteiger partial charge in [0.15, 0.2) is 0 Å². The van der Waals surface area contributed by atoms with E-state index >= 15 is 0 Å². The van der Waals surface area contributed by atoms with E-state index in [1.165, 1.54) is 0 Å². The Morgan fingerprint density at radius 3 is 2.62 bits per heavy atom. The van der Waals surface area contributed by atoms with Gasteiger partial charge in [-0.1, -0.05) is 13.8 Å². The average molecular weight is 219 g/mol. The Kier molecular flexibility index (Phi) is 2.88. The quantitative estimate of drug-likeness (QED) is 0.862. The van der Waals surface area contributed by atoms with Crippen molar-refractivity contribution in [3.05, 3.63) is 30.0 Å². The molecule has 86 valence electrons. The number of nitrogens with two attached hydrogens (primary N) is 1. The van der Waals surface area contributed by atoms with Gasteiger partial charge in [0.25, 0.3) is 0 Å². The molecule has 0 radical (unpaired) electrons. The third kappa shape index (κ3) is 1.91. The van der Waals surface area contributed by atoms with Crippen molar-refractivity contribution in [2.24, 2.45) is 11.7 Å². The van der Waals surface area contributed by atoms with Crippen LogP contribution in [0.5, 0.6) is 5.75 Å². The van der Waals surface area contributed by atoms with Crippen LogP contribution in [-0.2, 0) is 0 Å². The zero-order valence-corrected chi connectivity index (χ0v) is 9.86. The Balaban J connectivity index is 2.43. The molecule has 1 heterocycles.